The molecule has 1 aliphatic heterocycles. The van der Waals surface area contributed by atoms with Gasteiger partial charge in [0.15, 0.2) is 0 Å². The van der Waals surface area contributed by atoms with Gasteiger partial charge in [0.05, 0.1) is 4.34 Å². The second-order valence-corrected chi connectivity index (χ2v) is 10.5. The zero-order valence-electron chi connectivity index (χ0n) is 16.5. The van der Waals surface area contributed by atoms with Crippen molar-refractivity contribution in [1.29, 1.82) is 0 Å². The highest BCUT2D eigenvalue weighted by Gasteiger charge is 2.34. The molecule has 0 radical (unpaired) electrons. The summed E-state index contributed by atoms with van der Waals surface area (Å²) in [6.07, 6.45) is 1.90. The molecule has 3 rings (SSSR count). The van der Waals surface area contributed by atoms with Crippen molar-refractivity contribution in [2.24, 2.45) is 0 Å². The van der Waals surface area contributed by atoms with E-state index in [-0.39, 0.29) is 11.9 Å². The first-order valence-electron chi connectivity index (χ1n) is 9.20. The number of sulfonamides is 1. The molecule has 0 spiro atoms. The normalized spacial score (nSPS) is 18.9. The lowest BCUT2D eigenvalue weighted by molar-refractivity contribution is -0.118. The Morgan fingerprint density at radius 3 is 2.52 bits per heavy atom. The molecule has 2 heterocycles. The fourth-order valence-electron chi connectivity index (χ4n) is 3.09. The topological polar surface area (TPSA) is 69.7 Å². The summed E-state index contributed by atoms with van der Waals surface area (Å²) in [7, 11) is 0.289. The lowest BCUT2D eigenvalue weighted by Gasteiger charge is -2.22. The molecule has 0 aliphatic carbocycles. The van der Waals surface area contributed by atoms with Crippen LogP contribution in [0.1, 0.15) is 29.8 Å². The monoisotopic (exact) mass is 453 g/mol. The third-order valence-corrected chi connectivity index (χ3v) is 7.28. The maximum atomic E-state index is 12.7. The van der Waals surface area contributed by atoms with Crippen LogP contribution in [0.15, 0.2) is 41.8 Å². The van der Waals surface area contributed by atoms with Crippen LogP contribution in [0.4, 0.5) is 5.69 Å². The van der Waals surface area contributed by atoms with Gasteiger partial charge in [-0.05, 0) is 63.3 Å². The molecule has 0 bridgehead atoms. The Balaban J connectivity index is 1.65. The number of thiophene rings is 1. The van der Waals surface area contributed by atoms with E-state index >= 15 is 0 Å². The summed E-state index contributed by atoms with van der Waals surface area (Å²) in [4.78, 5) is 17.2. The lowest BCUT2D eigenvalue weighted by atomic mass is 10.1. The fraction of sp³-hybridized carbons (Fsp3) is 0.350. The Bertz CT molecular complexity index is 1000. The number of hydrogen-bond donors (Lipinski definition) is 1. The van der Waals surface area contributed by atoms with Gasteiger partial charge in [-0.25, -0.2) is 8.42 Å². The van der Waals surface area contributed by atoms with Crippen LogP contribution in [-0.2, 0) is 14.8 Å². The number of carbonyl (C=O) groups excluding carboxylic acids is 1. The van der Waals surface area contributed by atoms with Crippen molar-refractivity contribution in [3.8, 4) is 0 Å². The Hall–Kier alpha value is -1.71. The number of anilines is 1. The van der Waals surface area contributed by atoms with Gasteiger partial charge < -0.3 is 9.80 Å². The standard InChI is InChI=1S/C20H24ClN3O3S2/c1-14(23(2)3)15-4-6-16(7-5-15)24-12-10-18(20(24)25)22-29(26,27)13-11-17-8-9-19(21)28-17/h4-9,11,13-14,18,22H,10,12H2,1-3H3. The summed E-state index contributed by atoms with van der Waals surface area (Å²) < 4.78 is 27.7. The Kier molecular flexibility index (Phi) is 6.80. The summed E-state index contributed by atoms with van der Waals surface area (Å²) in [6.45, 7) is 2.58. The molecule has 9 heteroatoms. The molecule has 1 N–H and O–H groups in total. The highest BCUT2D eigenvalue weighted by Crippen LogP contribution is 2.26. The van der Waals surface area contributed by atoms with E-state index in [0.717, 1.165) is 21.5 Å². The minimum atomic E-state index is -3.74. The van der Waals surface area contributed by atoms with Crippen LogP contribution in [0.5, 0.6) is 0 Å². The average Bonchev–Trinajstić information content (AvgIpc) is 3.25. The van der Waals surface area contributed by atoms with Gasteiger partial charge in [0, 0.05) is 28.6 Å². The number of amides is 1. The maximum Gasteiger partial charge on any atom is 0.245 e. The second-order valence-electron chi connectivity index (χ2n) is 7.17. The van der Waals surface area contributed by atoms with Gasteiger partial charge in [0.25, 0.3) is 0 Å². The Morgan fingerprint density at radius 2 is 1.93 bits per heavy atom. The predicted octanol–water partition coefficient (Wildman–Crippen LogP) is 3.72. The van der Waals surface area contributed by atoms with Crippen LogP contribution in [0.3, 0.4) is 0 Å². The average molecular weight is 454 g/mol. The molecule has 0 saturated carbocycles. The van der Waals surface area contributed by atoms with E-state index < -0.39 is 16.1 Å². The van der Waals surface area contributed by atoms with Crippen molar-refractivity contribution in [2.45, 2.75) is 25.4 Å². The van der Waals surface area contributed by atoms with Crippen LogP contribution in [0.2, 0.25) is 4.34 Å². The lowest BCUT2D eigenvalue weighted by Crippen LogP contribution is -2.40. The first-order valence-corrected chi connectivity index (χ1v) is 11.9. The molecule has 1 aromatic carbocycles. The van der Waals surface area contributed by atoms with Crippen molar-refractivity contribution < 1.29 is 13.2 Å². The van der Waals surface area contributed by atoms with Crippen LogP contribution in [0.25, 0.3) is 6.08 Å². The van der Waals surface area contributed by atoms with Crippen LogP contribution in [0, 0.1) is 0 Å². The number of rotatable bonds is 7. The predicted molar refractivity (Wildman–Crippen MR) is 120 cm³/mol. The molecule has 1 saturated heterocycles. The molecular formula is C20H24ClN3O3S2. The third-order valence-electron chi connectivity index (χ3n) is 4.98. The fourth-order valence-corrected chi connectivity index (χ4v) is 5.16. The molecule has 29 heavy (non-hydrogen) atoms. The number of halogens is 1. The Morgan fingerprint density at radius 1 is 1.24 bits per heavy atom. The third kappa shape index (κ3) is 5.46. The zero-order chi connectivity index (χ0) is 21.2. The maximum absolute atomic E-state index is 12.7. The van der Waals surface area contributed by atoms with Crippen molar-refractivity contribution in [3.05, 3.63) is 56.6 Å². The molecule has 1 fully saturated rings. The minimum absolute atomic E-state index is 0.241. The highest BCUT2D eigenvalue weighted by molar-refractivity contribution is 7.92. The smallest absolute Gasteiger partial charge is 0.245 e. The zero-order valence-corrected chi connectivity index (χ0v) is 18.9. The largest absolute Gasteiger partial charge is 0.311 e. The second kappa shape index (κ2) is 8.97. The van der Waals surface area contributed by atoms with E-state index in [0.29, 0.717) is 17.3 Å². The molecule has 1 amide bonds. The van der Waals surface area contributed by atoms with Gasteiger partial charge in [-0.15, -0.1) is 11.3 Å². The van der Waals surface area contributed by atoms with E-state index in [4.69, 9.17) is 11.6 Å². The van der Waals surface area contributed by atoms with Gasteiger partial charge in [0.2, 0.25) is 15.9 Å². The number of nitrogens with one attached hydrogen (secondary N) is 1. The SMILES string of the molecule is CC(c1ccc(N2CCC(NS(=O)(=O)C=Cc3ccc(Cl)s3)C2=O)cc1)N(C)C. The van der Waals surface area contributed by atoms with Gasteiger partial charge in [-0.2, -0.15) is 4.72 Å². The van der Waals surface area contributed by atoms with Gasteiger partial charge >= 0.3 is 0 Å². The molecule has 2 atom stereocenters. The summed E-state index contributed by atoms with van der Waals surface area (Å²) in [5.74, 6) is -0.241. The first kappa shape index (κ1) is 22.0. The van der Waals surface area contributed by atoms with Crippen LogP contribution >= 0.6 is 22.9 Å². The van der Waals surface area contributed by atoms with E-state index in [1.54, 1.807) is 17.0 Å². The summed E-state index contributed by atoms with van der Waals surface area (Å²) in [5, 5.41) is 1.07. The highest BCUT2D eigenvalue weighted by atomic mass is 35.5. The summed E-state index contributed by atoms with van der Waals surface area (Å²) in [5.41, 5.74) is 1.93. The quantitative estimate of drug-likeness (QED) is 0.693. The number of benzene rings is 1. The van der Waals surface area contributed by atoms with Crippen molar-refractivity contribution in [3.63, 3.8) is 0 Å². The molecule has 2 unspecified atom stereocenters. The van der Waals surface area contributed by atoms with Crippen molar-refractivity contribution in [2.75, 3.05) is 25.5 Å². The first-order chi connectivity index (χ1) is 13.7. The minimum Gasteiger partial charge on any atom is -0.311 e. The molecule has 156 valence electrons. The van der Waals surface area contributed by atoms with Crippen LogP contribution < -0.4 is 9.62 Å². The molecular weight excluding hydrogens is 430 g/mol. The van der Waals surface area contributed by atoms with E-state index in [2.05, 4.69) is 16.5 Å². The molecule has 1 aromatic heterocycles. The van der Waals surface area contributed by atoms with E-state index in [1.165, 1.54) is 17.4 Å². The summed E-state index contributed by atoms with van der Waals surface area (Å²) >= 11 is 7.13. The van der Waals surface area contributed by atoms with Crippen molar-refractivity contribution in [1.82, 2.24) is 9.62 Å². The van der Waals surface area contributed by atoms with E-state index in [9.17, 15) is 13.2 Å². The van der Waals surface area contributed by atoms with Crippen LogP contribution in [-0.4, -0.2) is 45.9 Å². The molecule has 1 aliphatic rings. The number of hydrogen-bond acceptors (Lipinski definition) is 5. The Labute approximate surface area is 180 Å². The number of carbonyl (C=O) groups is 1. The van der Waals surface area contributed by atoms with Crippen molar-refractivity contribution >= 4 is 50.6 Å². The van der Waals surface area contributed by atoms with E-state index in [1.807, 2.05) is 38.4 Å². The summed E-state index contributed by atoms with van der Waals surface area (Å²) in [6, 6.07) is 10.8. The van der Waals surface area contributed by atoms with Gasteiger partial charge in [-0.1, -0.05) is 23.7 Å². The molecule has 6 nitrogen and oxygen atoms in total. The van der Waals surface area contributed by atoms with Gasteiger partial charge in [0.1, 0.15) is 6.04 Å². The van der Waals surface area contributed by atoms with Gasteiger partial charge in [-0.3, -0.25) is 4.79 Å². The molecule has 2 aromatic rings. The number of nitrogens with zero attached hydrogens (tertiary/aromatic N) is 2.